The van der Waals surface area contributed by atoms with Crippen molar-refractivity contribution in [3.8, 4) is 0 Å². The van der Waals surface area contributed by atoms with E-state index in [1.165, 1.54) is 0 Å². The van der Waals surface area contributed by atoms with Crippen LogP contribution < -0.4 is 5.73 Å². The monoisotopic (exact) mass is 204 g/mol. The quantitative estimate of drug-likeness (QED) is 0.594. The first-order valence-corrected chi connectivity index (χ1v) is 5.46. The van der Waals surface area contributed by atoms with E-state index in [0.717, 1.165) is 12.1 Å². The molecule has 0 saturated heterocycles. The van der Waals surface area contributed by atoms with E-state index in [1.54, 1.807) is 0 Å². The third-order valence-electron chi connectivity index (χ3n) is 2.76. The Labute approximate surface area is 92.2 Å². The molecule has 2 N–H and O–H groups in total. The van der Waals surface area contributed by atoms with E-state index in [0.29, 0.717) is 17.7 Å². The Morgan fingerprint density at radius 2 is 1.80 bits per heavy atom. The second-order valence-electron chi connectivity index (χ2n) is 4.31. The number of rotatable bonds is 4. The normalized spacial score (nSPS) is 14.3. The highest BCUT2D eigenvalue weighted by Crippen LogP contribution is 2.10. The maximum absolute atomic E-state index is 5.89. The first-order valence-electron chi connectivity index (χ1n) is 5.46. The van der Waals surface area contributed by atoms with Gasteiger partial charge in [0.15, 0.2) is 0 Å². The van der Waals surface area contributed by atoms with Gasteiger partial charge in [-0.25, -0.2) is 0 Å². The Balaban J connectivity index is 2.61. The molecule has 15 heavy (non-hydrogen) atoms. The van der Waals surface area contributed by atoms with Crippen LogP contribution in [0.2, 0.25) is 0 Å². The zero-order valence-electron chi connectivity index (χ0n) is 9.77. The summed E-state index contributed by atoms with van der Waals surface area (Å²) in [6.07, 6.45) is 0. The Morgan fingerprint density at radius 3 is 2.33 bits per heavy atom. The largest absolute Gasteiger partial charge is 0.384 e. The van der Waals surface area contributed by atoms with Crippen molar-refractivity contribution >= 4 is 5.84 Å². The molecule has 0 aliphatic carbocycles. The average Bonchev–Trinajstić information content (AvgIpc) is 2.26. The average molecular weight is 204 g/mol. The summed E-state index contributed by atoms with van der Waals surface area (Å²) in [5.74, 6) is 1.87. The maximum atomic E-state index is 5.89. The van der Waals surface area contributed by atoms with Gasteiger partial charge in [0.1, 0.15) is 5.84 Å². The lowest BCUT2D eigenvalue weighted by Crippen LogP contribution is -2.16. The van der Waals surface area contributed by atoms with Crippen molar-refractivity contribution in [1.29, 1.82) is 0 Å². The minimum absolute atomic E-state index is 0.576. The fourth-order valence-corrected chi connectivity index (χ4v) is 1.15. The fourth-order valence-electron chi connectivity index (χ4n) is 1.15. The molecule has 2 heteroatoms. The fraction of sp³-hybridized carbons (Fsp3) is 0.462. The van der Waals surface area contributed by atoms with Crippen LogP contribution in [-0.4, -0.2) is 12.4 Å². The molecule has 0 spiro atoms. The van der Waals surface area contributed by atoms with Gasteiger partial charge in [-0.1, -0.05) is 51.1 Å². The summed E-state index contributed by atoms with van der Waals surface area (Å²) < 4.78 is 0. The van der Waals surface area contributed by atoms with E-state index in [4.69, 9.17) is 5.73 Å². The molecule has 0 aliphatic rings. The van der Waals surface area contributed by atoms with Crippen molar-refractivity contribution in [3.05, 3.63) is 35.9 Å². The molecule has 0 radical (unpaired) electrons. The van der Waals surface area contributed by atoms with Crippen LogP contribution in [-0.2, 0) is 0 Å². The highest BCUT2D eigenvalue weighted by Gasteiger charge is 2.06. The van der Waals surface area contributed by atoms with Gasteiger partial charge < -0.3 is 5.73 Å². The van der Waals surface area contributed by atoms with Crippen molar-refractivity contribution < 1.29 is 0 Å². The molecule has 1 unspecified atom stereocenters. The molecule has 0 saturated carbocycles. The molecule has 1 aromatic rings. The van der Waals surface area contributed by atoms with E-state index in [-0.39, 0.29) is 0 Å². The van der Waals surface area contributed by atoms with Gasteiger partial charge in [0.05, 0.1) is 0 Å². The van der Waals surface area contributed by atoms with Gasteiger partial charge >= 0.3 is 0 Å². The number of hydrogen-bond donors (Lipinski definition) is 1. The van der Waals surface area contributed by atoms with Crippen LogP contribution in [0, 0.1) is 11.8 Å². The molecule has 1 atom stereocenters. The van der Waals surface area contributed by atoms with E-state index >= 15 is 0 Å². The Bertz CT molecular complexity index is 315. The zero-order valence-corrected chi connectivity index (χ0v) is 9.77. The summed E-state index contributed by atoms with van der Waals surface area (Å²) in [5.41, 5.74) is 6.90. The predicted molar refractivity (Wildman–Crippen MR) is 66.0 cm³/mol. The molecular weight excluding hydrogens is 184 g/mol. The molecule has 2 nitrogen and oxygen atoms in total. The summed E-state index contributed by atoms with van der Waals surface area (Å²) in [7, 11) is 0. The minimum Gasteiger partial charge on any atom is -0.384 e. The number of benzene rings is 1. The molecule has 1 aromatic carbocycles. The molecule has 82 valence electrons. The van der Waals surface area contributed by atoms with Crippen LogP contribution in [0.3, 0.4) is 0 Å². The number of hydrogen-bond acceptors (Lipinski definition) is 1. The lowest BCUT2D eigenvalue weighted by molar-refractivity contribution is 0.430. The van der Waals surface area contributed by atoms with Crippen LogP contribution in [0.1, 0.15) is 26.3 Å². The van der Waals surface area contributed by atoms with Crippen LogP contribution in [0.25, 0.3) is 0 Å². The maximum Gasteiger partial charge on any atom is 0.125 e. The first-order chi connectivity index (χ1) is 7.11. The molecule has 0 aliphatic heterocycles. The van der Waals surface area contributed by atoms with Crippen molar-refractivity contribution in [2.75, 3.05) is 6.54 Å². The van der Waals surface area contributed by atoms with E-state index in [9.17, 15) is 0 Å². The summed E-state index contributed by atoms with van der Waals surface area (Å²) in [5, 5.41) is 0. The summed E-state index contributed by atoms with van der Waals surface area (Å²) >= 11 is 0. The smallest absolute Gasteiger partial charge is 0.125 e. The highest BCUT2D eigenvalue weighted by atomic mass is 14.9. The van der Waals surface area contributed by atoms with Gasteiger partial charge in [-0.15, -0.1) is 0 Å². The van der Waals surface area contributed by atoms with Gasteiger partial charge in [-0.05, 0) is 11.8 Å². The molecule has 0 heterocycles. The van der Waals surface area contributed by atoms with Crippen LogP contribution in [0.15, 0.2) is 35.3 Å². The second-order valence-corrected chi connectivity index (χ2v) is 4.31. The summed E-state index contributed by atoms with van der Waals surface area (Å²) in [4.78, 5) is 4.41. The van der Waals surface area contributed by atoms with Crippen molar-refractivity contribution in [3.63, 3.8) is 0 Å². The molecule has 1 rings (SSSR count). The van der Waals surface area contributed by atoms with Gasteiger partial charge in [-0.3, -0.25) is 4.99 Å². The topological polar surface area (TPSA) is 38.4 Å². The van der Waals surface area contributed by atoms with E-state index in [1.807, 2.05) is 30.3 Å². The third kappa shape index (κ3) is 3.74. The molecule has 0 amide bonds. The molecule has 0 bridgehead atoms. The van der Waals surface area contributed by atoms with Crippen molar-refractivity contribution in [1.82, 2.24) is 0 Å². The van der Waals surface area contributed by atoms with Gasteiger partial charge in [0.25, 0.3) is 0 Å². The van der Waals surface area contributed by atoms with Crippen LogP contribution >= 0.6 is 0 Å². The number of nitrogens with zero attached hydrogens (tertiary/aromatic N) is 1. The Hall–Kier alpha value is -1.31. The second kappa shape index (κ2) is 5.54. The van der Waals surface area contributed by atoms with Crippen LogP contribution in [0.5, 0.6) is 0 Å². The van der Waals surface area contributed by atoms with E-state index < -0.39 is 0 Å². The Morgan fingerprint density at radius 1 is 1.20 bits per heavy atom. The summed E-state index contributed by atoms with van der Waals surface area (Å²) in [6, 6.07) is 9.90. The standard InChI is InChI=1S/C13H20N2/c1-10(2)11(3)9-15-13(14)12-7-5-4-6-8-12/h4-8,10-11H,9H2,1-3H3,(H2,14,15). The number of aliphatic imine (C=N–C) groups is 1. The third-order valence-corrected chi connectivity index (χ3v) is 2.76. The van der Waals surface area contributed by atoms with Crippen molar-refractivity contribution in [2.24, 2.45) is 22.6 Å². The predicted octanol–water partition coefficient (Wildman–Crippen LogP) is 2.68. The minimum atomic E-state index is 0.576. The summed E-state index contributed by atoms with van der Waals surface area (Å²) in [6.45, 7) is 7.42. The lowest BCUT2D eigenvalue weighted by atomic mass is 9.98. The zero-order chi connectivity index (χ0) is 11.3. The SMILES string of the molecule is CC(C)C(C)CN=C(N)c1ccccc1. The number of nitrogens with two attached hydrogens (primary N) is 1. The number of amidine groups is 1. The van der Waals surface area contributed by atoms with Gasteiger partial charge in [0.2, 0.25) is 0 Å². The first kappa shape index (κ1) is 11.8. The van der Waals surface area contributed by atoms with Crippen molar-refractivity contribution in [2.45, 2.75) is 20.8 Å². The van der Waals surface area contributed by atoms with E-state index in [2.05, 4.69) is 25.8 Å². The highest BCUT2D eigenvalue weighted by molar-refractivity contribution is 5.97. The lowest BCUT2D eigenvalue weighted by Gasteiger charge is -2.12. The van der Waals surface area contributed by atoms with Gasteiger partial charge in [0, 0.05) is 12.1 Å². The van der Waals surface area contributed by atoms with Gasteiger partial charge in [-0.2, -0.15) is 0 Å². The molecule has 0 fully saturated rings. The Kier molecular flexibility index (Phi) is 4.35. The molecular formula is C13H20N2. The van der Waals surface area contributed by atoms with Crippen LogP contribution in [0.4, 0.5) is 0 Å². The molecule has 0 aromatic heterocycles.